The molecule has 1 aromatic heterocycles. The lowest BCUT2D eigenvalue weighted by Crippen LogP contribution is -2.52. The molecule has 134 valence electrons. The molecule has 2 atom stereocenters. The third kappa shape index (κ3) is 6.67. The SMILES string of the molecule is COC(=O)C(Cc1c[nH]cn1)NC(=O)C(C)NC(=O)OC(C)(C)C. The van der Waals surface area contributed by atoms with Gasteiger partial charge in [0.2, 0.25) is 5.91 Å². The van der Waals surface area contributed by atoms with E-state index in [1.165, 1.54) is 20.4 Å². The maximum absolute atomic E-state index is 12.2. The van der Waals surface area contributed by atoms with Gasteiger partial charge in [0.25, 0.3) is 0 Å². The van der Waals surface area contributed by atoms with E-state index in [9.17, 15) is 14.4 Å². The second-order valence-electron chi connectivity index (χ2n) is 6.22. The highest BCUT2D eigenvalue weighted by molar-refractivity contribution is 5.89. The Hall–Kier alpha value is -2.58. The summed E-state index contributed by atoms with van der Waals surface area (Å²) >= 11 is 0. The van der Waals surface area contributed by atoms with Crippen LogP contribution in [0.1, 0.15) is 33.4 Å². The largest absolute Gasteiger partial charge is 0.467 e. The minimum atomic E-state index is -0.909. The number of ether oxygens (including phenoxy) is 2. The molecular formula is C15H24N4O5. The van der Waals surface area contributed by atoms with Gasteiger partial charge in [0.1, 0.15) is 17.7 Å². The molecule has 3 N–H and O–H groups in total. The number of nitrogens with zero attached hydrogens (tertiary/aromatic N) is 1. The lowest BCUT2D eigenvalue weighted by atomic mass is 10.1. The molecule has 24 heavy (non-hydrogen) atoms. The van der Waals surface area contributed by atoms with Crippen LogP contribution in [0.15, 0.2) is 12.5 Å². The first-order valence-electron chi connectivity index (χ1n) is 7.47. The Morgan fingerprint density at radius 3 is 2.46 bits per heavy atom. The molecule has 9 heteroatoms. The molecule has 0 spiro atoms. The van der Waals surface area contributed by atoms with Crippen molar-refractivity contribution in [2.24, 2.45) is 0 Å². The number of esters is 1. The van der Waals surface area contributed by atoms with Gasteiger partial charge in [-0.3, -0.25) is 4.79 Å². The van der Waals surface area contributed by atoms with Crippen LogP contribution in [0.5, 0.6) is 0 Å². The number of carbonyl (C=O) groups is 3. The zero-order valence-electron chi connectivity index (χ0n) is 14.5. The van der Waals surface area contributed by atoms with Gasteiger partial charge < -0.3 is 25.1 Å². The number of hydrogen-bond acceptors (Lipinski definition) is 6. The van der Waals surface area contributed by atoms with Crippen LogP contribution in [0.4, 0.5) is 4.79 Å². The Morgan fingerprint density at radius 2 is 1.96 bits per heavy atom. The highest BCUT2D eigenvalue weighted by Gasteiger charge is 2.27. The van der Waals surface area contributed by atoms with Gasteiger partial charge in [-0.05, 0) is 27.7 Å². The average Bonchev–Trinajstić information content (AvgIpc) is 2.96. The third-order valence-electron chi connectivity index (χ3n) is 2.90. The van der Waals surface area contributed by atoms with E-state index in [4.69, 9.17) is 4.74 Å². The molecule has 0 radical (unpaired) electrons. The van der Waals surface area contributed by atoms with Crippen molar-refractivity contribution in [2.45, 2.75) is 51.8 Å². The van der Waals surface area contributed by atoms with Gasteiger partial charge >= 0.3 is 12.1 Å². The predicted octanol–water partition coefficient (Wildman–Crippen LogP) is 0.523. The van der Waals surface area contributed by atoms with Gasteiger partial charge in [0.05, 0.1) is 19.1 Å². The van der Waals surface area contributed by atoms with E-state index in [2.05, 4.69) is 25.3 Å². The Balaban J connectivity index is 2.63. The van der Waals surface area contributed by atoms with E-state index >= 15 is 0 Å². The molecule has 0 saturated heterocycles. The summed E-state index contributed by atoms with van der Waals surface area (Å²) < 4.78 is 9.77. The summed E-state index contributed by atoms with van der Waals surface area (Å²) in [5.41, 5.74) is -0.0761. The zero-order valence-corrected chi connectivity index (χ0v) is 14.5. The molecule has 0 bridgehead atoms. The van der Waals surface area contributed by atoms with Crippen molar-refractivity contribution >= 4 is 18.0 Å². The fraction of sp³-hybridized carbons (Fsp3) is 0.600. The molecular weight excluding hydrogens is 316 g/mol. The highest BCUT2D eigenvalue weighted by atomic mass is 16.6. The molecule has 2 unspecified atom stereocenters. The average molecular weight is 340 g/mol. The topological polar surface area (TPSA) is 122 Å². The van der Waals surface area contributed by atoms with E-state index in [-0.39, 0.29) is 6.42 Å². The number of hydrogen-bond donors (Lipinski definition) is 3. The molecule has 0 aliphatic rings. The fourth-order valence-corrected chi connectivity index (χ4v) is 1.79. The van der Waals surface area contributed by atoms with E-state index in [1.54, 1.807) is 27.0 Å². The summed E-state index contributed by atoms with van der Waals surface area (Å²) in [6.07, 6.45) is 2.54. The number of nitrogens with one attached hydrogen (secondary N) is 3. The second kappa shape index (κ2) is 8.32. The number of alkyl carbamates (subject to hydrolysis) is 1. The standard InChI is InChI=1S/C15H24N4O5/c1-9(18-14(22)24-15(2,3)4)12(20)19-11(13(21)23-5)6-10-7-16-8-17-10/h7-9,11H,6H2,1-5H3,(H,16,17)(H,18,22)(H,19,20). The molecule has 9 nitrogen and oxygen atoms in total. The summed E-state index contributed by atoms with van der Waals surface area (Å²) in [7, 11) is 1.23. The Morgan fingerprint density at radius 1 is 1.29 bits per heavy atom. The number of methoxy groups -OCH3 is 1. The summed E-state index contributed by atoms with van der Waals surface area (Å²) in [5.74, 6) is -1.14. The number of aromatic amines is 1. The first-order valence-corrected chi connectivity index (χ1v) is 7.47. The van der Waals surface area contributed by atoms with Crippen molar-refractivity contribution in [1.82, 2.24) is 20.6 Å². The summed E-state index contributed by atoms with van der Waals surface area (Å²) in [6.45, 7) is 6.64. The van der Waals surface area contributed by atoms with Crippen molar-refractivity contribution in [2.75, 3.05) is 7.11 Å². The maximum Gasteiger partial charge on any atom is 0.408 e. The first-order chi connectivity index (χ1) is 11.1. The van der Waals surface area contributed by atoms with E-state index in [0.29, 0.717) is 5.69 Å². The van der Waals surface area contributed by atoms with Crippen LogP contribution in [0.25, 0.3) is 0 Å². The summed E-state index contributed by atoms with van der Waals surface area (Å²) in [4.78, 5) is 42.5. The second-order valence-corrected chi connectivity index (χ2v) is 6.22. The fourth-order valence-electron chi connectivity index (χ4n) is 1.79. The van der Waals surface area contributed by atoms with Crippen LogP contribution in [0.2, 0.25) is 0 Å². The smallest absolute Gasteiger partial charge is 0.408 e. The van der Waals surface area contributed by atoms with Crippen molar-refractivity contribution < 1.29 is 23.9 Å². The van der Waals surface area contributed by atoms with E-state index < -0.39 is 35.7 Å². The van der Waals surface area contributed by atoms with Gasteiger partial charge in [-0.2, -0.15) is 0 Å². The Bertz CT molecular complexity index is 565. The number of H-pyrrole nitrogens is 1. The van der Waals surface area contributed by atoms with Gasteiger partial charge in [-0.15, -0.1) is 0 Å². The number of imidazole rings is 1. The predicted molar refractivity (Wildman–Crippen MR) is 85.1 cm³/mol. The number of aromatic nitrogens is 2. The molecule has 2 amide bonds. The third-order valence-corrected chi connectivity index (χ3v) is 2.90. The minimum Gasteiger partial charge on any atom is -0.467 e. The van der Waals surface area contributed by atoms with Gasteiger partial charge in [-0.1, -0.05) is 0 Å². The van der Waals surface area contributed by atoms with Crippen LogP contribution >= 0.6 is 0 Å². The first kappa shape index (κ1) is 19.5. The molecule has 1 aromatic rings. The molecule has 1 heterocycles. The lowest BCUT2D eigenvalue weighted by molar-refractivity contribution is -0.145. The van der Waals surface area contributed by atoms with Crippen LogP contribution in [0.3, 0.4) is 0 Å². The van der Waals surface area contributed by atoms with Crippen LogP contribution < -0.4 is 10.6 Å². The summed E-state index contributed by atoms with van der Waals surface area (Å²) in [5, 5.41) is 4.95. The van der Waals surface area contributed by atoms with Gasteiger partial charge in [0, 0.05) is 12.6 Å². The lowest BCUT2D eigenvalue weighted by Gasteiger charge is -2.23. The molecule has 0 aliphatic carbocycles. The van der Waals surface area contributed by atoms with Gasteiger partial charge in [0.15, 0.2) is 0 Å². The van der Waals surface area contributed by atoms with Crippen molar-refractivity contribution in [3.63, 3.8) is 0 Å². The molecule has 0 aliphatic heterocycles. The molecule has 0 saturated carbocycles. The van der Waals surface area contributed by atoms with E-state index in [1.807, 2.05) is 0 Å². The zero-order chi connectivity index (χ0) is 18.3. The molecule has 1 rings (SSSR count). The van der Waals surface area contributed by atoms with E-state index in [0.717, 1.165) is 0 Å². The quantitative estimate of drug-likeness (QED) is 0.649. The maximum atomic E-state index is 12.2. The van der Waals surface area contributed by atoms with Crippen LogP contribution in [-0.2, 0) is 25.5 Å². The van der Waals surface area contributed by atoms with Crippen LogP contribution in [0, 0.1) is 0 Å². The summed E-state index contributed by atoms with van der Waals surface area (Å²) in [6, 6.07) is -1.79. The minimum absolute atomic E-state index is 0.168. The Labute approximate surface area is 140 Å². The Kier molecular flexibility index (Phi) is 6.75. The number of carbonyl (C=O) groups excluding carboxylic acids is 3. The van der Waals surface area contributed by atoms with Crippen molar-refractivity contribution in [3.8, 4) is 0 Å². The number of rotatable bonds is 6. The van der Waals surface area contributed by atoms with Crippen molar-refractivity contribution in [3.05, 3.63) is 18.2 Å². The molecule has 0 fully saturated rings. The monoisotopic (exact) mass is 340 g/mol. The number of amides is 2. The van der Waals surface area contributed by atoms with Crippen LogP contribution in [-0.4, -0.2) is 52.7 Å². The van der Waals surface area contributed by atoms with Gasteiger partial charge in [-0.25, -0.2) is 14.6 Å². The van der Waals surface area contributed by atoms with Crippen molar-refractivity contribution in [1.29, 1.82) is 0 Å². The highest BCUT2D eigenvalue weighted by Crippen LogP contribution is 2.07. The normalized spacial score (nSPS) is 13.5. The molecule has 0 aromatic carbocycles.